The molecule has 2 aromatic heterocycles. The molecule has 1 amide bonds. The Hall–Kier alpha value is -3.94. The van der Waals surface area contributed by atoms with Gasteiger partial charge in [-0.15, -0.1) is 0 Å². The molecule has 0 atom stereocenters. The molecule has 176 valence electrons. The van der Waals surface area contributed by atoms with E-state index < -0.39 is 0 Å². The number of hydrogen-bond donors (Lipinski definition) is 2. The van der Waals surface area contributed by atoms with E-state index in [-0.39, 0.29) is 18.1 Å². The van der Waals surface area contributed by atoms with Crippen molar-refractivity contribution in [2.45, 2.75) is 40.2 Å². The van der Waals surface area contributed by atoms with Gasteiger partial charge in [0.05, 0.1) is 17.4 Å². The number of anilines is 2. The highest BCUT2D eigenvalue weighted by molar-refractivity contribution is 5.93. The maximum absolute atomic E-state index is 12.1. The number of fused-ring (bicyclic) bond motifs is 1. The van der Waals surface area contributed by atoms with Crippen LogP contribution in [-0.4, -0.2) is 37.8 Å². The third-order valence-electron chi connectivity index (χ3n) is 5.26. The fourth-order valence-corrected chi connectivity index (χ4v) is 3.56. The lowest BCUT2D eigenvalue weighted by Gasteiger charge is -2.20. The Morgan fingerprint density at radius 3 is 2.56 bits per heavy atom. The lowest BCUT2D eigenvalue weighted by molar-refractivity contribution is -0.124. The van der Waals surface area contributed by atoms with Crippen LogP contribution in [0.1, 0.15) is 31.9 Å². The Balaban J connectivity index is 1.68. The zero-order valence-electron chi connectivity index (χ0n) is 20.4. The SMILES string of the molecule is Cc1cc2nc(-c3cccc(OCC(=O)NC(C)(C)C)c3)nc(Nc3cnn(C)c3)c2cc1C. The van der Waals surface area contributed by atoms with E-state index in [2.05, 4.69) is 41.7 Å². The standard InChI is InChI=1S/C26H30N6O2/c1-16-10-21-22(11-17(16)2)29-24(30-25(21)28-19-13-27-32(6)14-19)18-8-7-9-20(12-18)34-15-23(33)31-26(3,4)5/h7-14H,15H2,1-6H3,(H,31,33)(H,28,29,30). The van der Waals surface area contributed by atoms with Crippen LogP contribution in [0.25, 0.3) is 22.3 Å². The van der Waals surface area contributed by atoms with Crippen LogP contribution in [0.2, 0.25) is 0 Å². The lowest BCUT2D eigenvalue weighted by Crippen LogP contribution is -2.43. The van der Waals surface area contributed by atoms with Crippen molar-refractivity contribution in [3.63, 3.8) is 0 Å². The average molecular weight is 459 g/mol. The zero-order valence-corrected chi connectivity index (χ0v) is 20.4. The Labute approximate surface area is 199 Å². The first-order valence-corrected chi connectivity index (χ1v) is 11.2. The Morgan fingerprint density at radius 1 is 1.09 bits per heavy atom. The second kappa shape index (κ2) is 9.13. The van der Waals surface area contributed by atoms with Crippen LogP contribution in [0.5, 0.6) is 5.75 Å². The van der Waals surface area contributed by atoms with E-state index in [4.69, 9.17) is 14.7 Å². The Kier molecular flexibility index (Phi) is 6.24. The number of nitrogens with one attached hydrogen (secondary N) is 2. The molecular weight excluding hydrogens is 428 g/mol. The number of benzene rings is 2. The largest absolute Gasteiger partial charge is 0.484 e. The van der Waals surface area contributed by atoms with Gasteiger partial charge in [-0.2, -0.15) is 5.10 Å². The molecule has 0 aliphatic heterocycles. The molecule has 4 aromatic rings. The minimum atomic E-state index is -0.310. The molecular formula is C26H30N6O2. The number of rotatable bonds is 6. The number of amides is 1. The van der Waals surface area contributed by atoms with Crippen molar-refractivity contribution in [1.29, 1.82) is 0 Å². The summed E-state index contributed by atoms with van der Waals surface area (Å²) < 4.78 is 7.47. The Bertz CT molecular complexity index is 1350. The fourth-order valence-electron chi connectivity index (χ4n) is 3.56. The van der Waals surface area contributed by atoms with Crippen LogP contribution in [0.15, 0.2) is 48.8 Å². The monoisotopic (exact) mass is 458 g/mol. The summed E-state index contributed by atoms with van der Waals surface area (Å²) in [6, 6.07) is 11.6. The molecule has 2 N–H and O–H groups in total. The van der Waals surface area contributed by atoms with Crippen LogP contribution in [0.4, 0.5) is 11.5 Å². The van der Waals surface area contributed by atoms with Gasteiger partial charge in [-0.3, -0.25) is 9.48 Å². The normalized spacial score (nSPS) is 11.5. The van der Waals surface area contributed by atoms with E-state index in [1.165, 1.54) is 5.56 Å². The second-order valence-electron chi connectivity index (χ2n) is 9.49. The van der Waals surface area contributed by atoms with Crippen molar-refractivity contribution in [2.24, 2.45) is 7.05 Å². The minimum absolute atomic E-state index is 0.0639. The molecule has 0 spiro atoms. The topological polar surface area (TPSA) is 94.0 Å². The minimum Gasteiger partial charge on any atom is -0.484 e. The van der Waals surface area contributed by atoms with Gasteiger partial charge in [0.2, 0.25) is 0 Å². The van der Waals surface area contributed by atoms with Crippen molar-refractivity contribution >= 4 is 28.3 Å². The Morgan fingerprint density at radius 2 is 1.85 bits per heavy atom. The smallest absolute Gasteiger partial charge is 0.258 e. The summed E-state index contributed by atoms with van der Waals surface area (Å²) in [5, 5.41) is 11.4. The summed E-state index contributed by atoms with van der Waals surface area (Å²) in [6.45, 7) is 9.88. The van der Waals surface area contributed by atoms with Crippen molar-refractivity contribution in [2.75, 3.05) is 11.9 Å². The summed E-state index contributed by atoms with van der Waals surface area (Å²) >= 11 is 0. The summed E-state index contributed by atoms with van der Waals surface area (Å²) in [5.41, 5.74) is 4.50. The highest BCUT2D eigenvalue weighted by Gasteiger charge is 2.15. The van der Waals surface area contributed by atoms with Crippen LogP contribution < -0.4 is 15.4 Å². The van der Waals surface area contributed by atoms with Gasteiger partial charge in [0.15, 0.2) is 12.4 Å². The first-order chi connectivity index (χ1) is 16.1. The molecule has 0 fully saturated rings. The maximum atomic E-state index is 12.1. The van der Waals surface area contributed by atoms with Gasteiger partial charge >= 0.3 is 0 Å². The molecule has 0 unspecified atom stereocenters. The highest BCUT2D eigenvalue weighted by Crippen LogP contribution is 2.30. The van der Waals surface area contributed by atoms with Crippen molar-refractivity contribution in [1.82, 2.24) is 25.1 Å². The van der Waals surface area contributed by atoms with Gasteiger partial charge in [-0.1, -0.05) is 12.1 Å². The van der Waals surface area contributed by atoms with Crippen LogP contribution in [0.3, 0.4) is 0 Å². The number of aromatic nitrogens is 4. The molecule has 0 radical (unpaired) electrons. The van der Waals surface area contributed by atoms with Gasteiger partial charge in [0.25, 0.3) is 5.91 Å². The average Bonchev–Trinajstić information content (AvgIpc) is 3.17. The van der Waals surface area contributed by atoms with Gasteiger partial charge in [-0.05, 0) is 70.0 Å². The number of nitrogens with zero attached hydrogens (tertiary/aromatic N) is 4. The molecule has 2 aromatic carbocycles. The first-order valence-electron chi connectivity index (χ1n) is 11.2. The van der Waals surface area contributed by atoms with Crippen molar-refractivity contribution in [3.8, 4) is 17.1 Å². The number of carbonyl (C=O) groups excluding carboxylic acids is 1. The van der Waals surface area contributed by atoms with Crippen molar-refractivity contribution < 1.29 is 9.53 Å². The van der Waals surface area contributed by atoms with Gasteiger partial charge in [-0.25, -0.2) is 9.97 Å². The molecule has 34 heavy (non-hydrogen) atoms. The van der Waals surface area contributed by atoms with Gasteiger partial charge in [0, 0.05) is 29.7 Å². The predicted molar refractivity (Wildman–Crippen MR) is 134 cm³/mol. The summed E-state index contributed by atoms with van der Waals surface area (Å²) in [6.07, 6.45) is 3.65. The van der Waals surface area contributed by atoms with Gasteiger partial charge in [0.1, 0.15) is 11.6 Å². The quantitative estimate of drug-likeness (QED) is 0.436. The molecule has 2 heterocycles. The predicted octanol–water partition coefficient (Wildman–Crippen LogP) is 4.68. The second-order valence-corrected chi connectivity index (χ2v) is 9.49. The summed E-state index contributed by atoms with van der Waals surface area (Å²) in [4.78, 5) is 21.8. The van der Waals surface area contributed by atoms with Crippen LogP contribution >= 0.6 is 0 Å². The lowest BCUT2D eigenvalue weighted by atomic mass is 10.1. The molecule has 8 heteroatoms. The van der Waals surface area contributed by atoms with Crippen molar-refractivity contribution in [3.05, 3.63) is 59.9 Å². The summed E-state index contributed by atoms with van der Waals surface area (Å²) in [7, 11) is 1.87. The third-order valence-corrected chi connectivity index (χ3v) is 5.26. The number of hydrogen-bond acceptors (Lipinski definition) is 6. The number of aryl methyl sites for hydroxylation is 3. The van der Waals surface area contributed by atoms with Gasteiger partial charge < -0.3 is 15.4 Å². The maximum Gasteiger partial charge on any atom is 0.258 e. The molecule has 0 bridgehead atoms. The third kappa shape index (κ3) is 5.51. The molecule has 4 rings (SSSR count). The zero-order chi connectivity index (χ0) is 24.5. The molecule has 8 nitrogen and oxygen atoms in total. The van der Waals surface area contributed by atoms with E-state index in [9.17, 15) is 4.79 Å². The number of carbonyl (C=O) groups is 1. The molecule has 0 saturated heterocycles. The van der Waals surface area contributed by atoms with E-state index in [1.807, 2.05) is 58.3 Å². The van der Waals surface area contributed by atoms with Crippen LogP contribution in [0, 0.1) is 13.8 Å². The first kappa shape index (κ1) is 23.2. The van der Waals surface area contributed by atoms with E-state index in [0.717, 1.165) is 27.7 Å². The van der Waals surface area contributed by atoms with E-state index >= 15 is 0 Å². The summed E-state index contributed by atoms with van der Waals surface area (Å²) in [5.74, 6) is 1.67. The highest BCUT2D eigenvalue weighted by atomic mass is 16.5. The van der Waals surface area contributed by atoms with E-state index in [0.29, 0.717) is 17.4 Å². The van der Waals surface area contributed by atoms with Crippen LogP contribution in [-0.2, 0) is 11.8 Å². The van der Waals surface area contributed by atoms with E-state index in [1.54, 1.807) is 10.9 Å². The number of ether oxygens (including phenoxy) is 1. The molecule has 0 aliphatic rings. The molecule has 0 saturated carbocycles. The molecule has 0 aliphatic carbocycles. The fraction of sp³-hybridized carbons (Fsp3) is 0.308.